The molecular weight excluding hydrogens is 320 g/mol. The van der Waals surface area contributed by atoms with Crippen LogP contribution in [0, 0.1) is 0 Å². The van der Waals surface area contributed by atoms with Gasteiger partial charge in [-0.15, -0.1) is 0 Å². The Kier molecular flexibility index (Phi) is 4.83. The van der Waals surface area contributed by atoms with Crippen LogP contribution in [0.25, 0.3) is 10.8 Å². The summed E-state index contributed by atoms with van der Waals surface area (Å²) in [6.07, 6.45) is 0. The van der Waals surface area contributed by atoms with Gasteiger partial charge in [-0.25, -0.2) is 0 Å². The van der Waals surface area contributed by atoms with Crippen molar-refractivity contribution in [3.05, 3.63) is 108 Å². The van der Waals surface area contributed by atoms with E-state index in [4.69, 9.17) is 9.47 Å². The SMILES string of the molecule is c1ccc(COc2ccc3cccc(OCc4ccccc4)c3c2)cc1. The Bertz CT molecular complexity index is 979. The van der Waals surface area contributed by atoms with Crippen molar-refractivity contribution in [2.75, 3.05) is 0 Å². The van der Waals surface area contributed by atoms with Crippen LogP contribution in [0.1, 0.15) is 11.1 Å². The van der Waals surface area contributed by atoms with Gasteiger partial charge in [0, 0.05) is 5.39 Å². The molecule has 0 heterocycles. The molecule has 0 aromatic heterocycles. The van der Waals surface area contributed by atoms with Gasteiger partial charge in [0.1, 0.15) is 24.7 Å². The van der Waals surface area contributed by atoms with E-state index < -0.39 is 0 Å². The van der Waals surface area contributed by atoms with Crippen molar-refractivity contribution in [3.63, 3.8) is 0 Å². The van der Waals surface area contributed by atoms with Gasteiger partial charge in [-0.3, -0.25) is 0 Å². The van der Waals surface area contributed by atoms with E-state index in [0.717, 1.165) is 33.4 Å². The van der Waals surface area contributed by atoms with Crippen LogP contribution in [0.2, 0.25) is 0 Å². The molecule has 0 spiro atoms. The summed E-state index contributed by atoms with van der Waals surface area (Å²) in [6, 6.07) is 32.6. The van der Waals surface area contributed by atoms with Gasteiger partial charge in [-0.1, -0.05) is 78.9 Å². The third-order valence-corrected chi connectivity index (χ3v) is 4.30. The molecule has 0 fully saturated rings. The summed E-state index contributed by atoms with van der Waals surface area (Å²) in [5.41, 5.74) is 2.31. The van der Waals surface area contributed by atoms with Crippen LogP contribution in [0.15, 0.2) is 97.1 Å². The van der Waals surface area contributed by atoms with Crippen molar-refractivity contribution in [1.29, 1.82) is 0 Å². The van der Waals surface area contributed by atoms with Gasteiger partial charge in [0.25, 0.3) is 0 Å². The molecule has 0 saturated carbocycles. The van der Waals surface area contributed by atoms with E-state index in [9.17, 15) is 0 Å². The summed E-state index contributed by atoms with van der Waals surface area (Å²) in [5, 5.41) is 2.21. The number of rotatable bonds is 6. The van der Waals surface area contributed by atoms with Gasteiger partial charge in [0.2, 0.25) is 0 Å². The molecule has 0 radical (unpaired) electrons. The monoisotopic (exact) mass is 340 g/mol. The van der Waals surface area contributed by atoms with Crippen LogP contribution in [-0.2, 0) is 13.2 Å². The minimum absolute atomic E-state index is 0.551. The fraction of sp³-hybridized carbons (Fsp3) is 0.0833. The molecule has 2 heteroatoms. The quantitative estimate of drug-likeness (QED) is 0.429. The lowest BCUT2D eigenvalue weighted by atomic mass is 10.1. The lowest BCUT2D eigenvalue weighted by molar-refractivity contribution is 0.304. The number of benzene rings is 4. The molecule has 0 atom stereocenters. The first-order chi connectivity index (χ1) is 12.9. The third kappa shape index (κ3) is 3.86. The van der Waals surface area contributed by atoms with Crippen LogP contribution in [0.5, 0.6) is 11.5 Å². The van der Waals surface area contributed by atoms with Gasteiger partial charge in [-0.05, 0) is 34.7 Å². The van der Waals surface area contributed by atoms with E-state index in [1.54, 1.807) is 0 Å². The van der Waals surface area contributed by atoms with Crippen LogP contribution in [0.4, 0.5) is 0 Å². The largest absolute Gasteiger partial charge is 0.489 e. The molecule has 0 bridgehead atoms. The maximum Gasteiger partial charge on any atom is 0.127 e. The molecule has 4 aromatic carbocycles. The molecule has 0 amide bonds. The maximum atomic E-state index is 6.07. The van der Waals surface area contributed by atoms with Gasteiger partial charge in [-0.2, -0.15) is 0 Å². The van der Waals surface area contributed by atoms with Crippen molar-refractivity contribution in [2.45, 2.75) is 13.2 Å². The van der Waals surface area contributed by atoms with E-state index in [0.29, 0.717) is 13.2 Å². The molecular formula is C24H20O2. The lowest BCUT2D eigenvalue weighted by Crippen LogP contribution is -1.97. The number of ether oxygens (including phenoxy) is 2. The molecule has 4 rings (SSSR count). The second-order valence-corrected chi connectivity index (χ2v) is 6.19. The minimum atomic E-state index is 0.551. The normalized spacial score (nSPS) is 10.6. The molecule has 26 heavy (non-hydrogen) atoms. The average molecular weight is 340 g/mol. The van der Waals surface area contributed by atoms with Crippen molar-refractivity contribution >= 4 is 10.8 Å². The molecule has 0 aliphatic heterocycles. The Balaban J connectivity index is 1.54. The smallest absolute Gasteiger partial charge is 0.127 e. The molecule has 0 saturated heterocycles. The summed E-state index contributed by atoms with van der Waals surface area (Å²) in [5.74, 6) is 1.72. The maximum absolute atomic E-state index is 6.07. The third-order valence-electron chi connectivity index (χ3n) is 4.30. The lowest BCUT2D eigenvalue weighted by Gasteiger charge is -2.12. The Labute approximate surface area is 153 Å². The zero-order valence-electron chi connectivity index (χ0n) is 14.5. The predicted molar refractivity (Wildman–Crippen MR) is 105 cm³/mol. The Hall–Kier alpha value is -3.26. The first kappa shape index (κ1) is 16.2. The summed E-state index contributed by atoms with van der Waals surface area (Å²) in [7, 11) is 0. The van der Waals surface area contributed by atoms with E-state index in [-0.39, 0.29) is 0 Å². The van der Waals surface area contributed by atoms with Crippen LogP contribution in [0.3, 0.4) is 0 Å². The fourth-order valence-corrected chi connectivity index (χ4v) is 2.91. The molecule has 0 aliphatic carbocycles. The second-order valence-electron chi connectivity index (χ2n) is 6.19. The zero-order chi connectivity index (χ0) is 17.6. The molecule has 128 valence electrons. The number of hydrogen-bond acceptors (Lipinski definition) is 2. The Morgan fingerprint density at radius 1 is 0.538 bits per heavy atom. The van der Waals surface area contributed by atoms with E-state index in [1.807, 2.05) is 54.6 Å². The fourth-order valence-electron chi connectivity index (χ4n) is 2.91. The standard InChI is InChI=1S/C24H20O2/c1-3-8-19(9-4-1)17-25-22-15-14-21-12-7-13-24(23(21)16-22)26-18-20-10-5-2-6-11-20/h1-16H,17-18H2. The summed E-state index contributed by atoms with van der Waals surface area (Å²) >= 11 is 0. The van der Waals surface area contributed by atoms with Crippen LogP contribution >= 0.6 is 0 Å². The molecule has 4 aromatic rings. The Morgan fingerprint density at radius 2 is 1.19 bits per heavy atom. The minimum Gasteiger partial charge on any atom is -0.489 e. The summed E-state index contributed by atoms with van der Waals surface area (Å²) < 4.78 is 12.0. The van der Waals surface area contributed by atoms with Gasteiger partial charge in [0.15, 0.2) is 0 Å². The Morgan fingerprint density at radius 3 is 1.88 bits per heavy atom. The van der Waals surface area contributed by atoms with E-state index in [2.05, 4.69) is 42.5 Å². The van der Waals surface area contributed by atoms with E-state index in [1.165, 1.54) is 0 Å². The van der Waals surface area contributed by atoms with Crippen molar-refractivity contribution in [3.8, 4) is 11.5 Å². The number of fused-ring (bicyclic) bond motifs is 1. The van der Waals surface area contributed by atoms with Crippen LogP contribution < -0.4 is 9.47 Å². The second kappa shape index (κ2) is 7.75. The molecule has 2 nitrogen and oxygen atoms in total. The van der Waals surface area contributed by atoms with Crippen molar-refractivity contribution in [1.82, 2.24) is 0 Å². The van der Waals surface area contributed by atoms with Gasteiger partial charge in [0.05, 0.1) is 0 Å². The van der Waals surface area contributed by atoms with Gasteiger partial charge >= 0.3 is 0 Å². The first-order valence-corrected chi connectivity index (χ1v) is 8.75. The molecule has 0 unspecified atom stereocenters. The topological polar surface area (TPSA) is 18.5 Å². The first-order valence-electron chi connectivity index (χ1n) is 8.75. The predicted octanol–water partition coefficient (Wildman–Crippen LogP) is 6.00. The zero-order valence-corrected chi connectivity index (χ0v) is 14.5. The van der Waals surface area contributed by atoms with Gasteiger partial charge < -0.3 is 9.47 Å². The van der Waals surface area contributed by atoms with Crippen molar-refractivity contribution in [2.24, 2.45) is 0 Å². The molecule has 0 N–H and O–H groups in total. The van der Waals surface area contributed by atoms with Crippen LogP contribution in [-0.4, -0.2) is 0 Å². The average Bonchev–Trinajstić information content (AvgIpc) is 2.72. The molecule has 0 aliphatic rings. The number of hydrogen-bond donors (Lipinski definition) is 0. The summed E-state index contributed by atoms with van der Waals surface area (Å²) in [4.78, 5) is 0. The highest BCUT2D eigenvalue weighted by molar-refractivity contribution is 5.89. The van der Waals surface area contributed by atoms with E-state index >= 15 is 0 Å². The summed E-state index contributed by atoms with van der Waals surface area (Å²) in [6.45, 7) is 1.11. The highest BCUT2D eigenvalue weighted by Gasteiger charge is 2.05. The van der Waals surface area contributed by atoms with Crippen molar-refractivity contribution < 1.29 is 9.47 Å². The highest BCUT2D eigenvalue weighted by atomic mass is 16.5. The highest BCUT2D eigenvalue weighted by Crippen LogP contribution is 2.30.